The first-order chi connectivity index (χ1) is 16.9. The minimum atomic E-state index is -1.14. The van der Waals surface area contributed by atoms with Gasteiger partial charge in [-0.25, -0.2) is 4.79 Å². The number of hydrogen-bond donors (Lipinski definition) is 2. The van der Waals surface area contributed by atoms with E-state index in [9.17, 15) is 19.2 Å². The summed E-state index contributed by atoms with van der Waals surface area (Å²) in [6.45, 7) is 1.59. The molecule has 0 saturated carbocycles. The predicted octanol–water partition coefficient (Wildman–Crippen LogP) is 2.66. The lowest BCUT2D eigenvalue weighted by atomic mass is 10.2. The monoisotopic (exact) mass is 497 g/mol. The van der Waals surface area contributed by atoms with Crippen LogP contribution in [-0.2, 0) is 19.1 Å². The van der Waals surface area contributed by atoms with Gasteiger partial charge in [0.2, 0.25) is 5.91 Å². The number of benzene rings is 2. The second-order valence-corrected chi connectivity index (χ2v) is 8.65. The van der Waals surface area contributed by atoms with Gasteiger partial charge in [0.25, 0.3) is 11.1 Å². The lowest BCUT2D eigenvalue weighted by molar-refractivity contribution is -0.139. The number of carbonyl (C=O) groups is 4. The van der Waals surface area contributed by atoms with Crippen molar-refractivity contribution in [3.63, 3.8) is 0 Å². The fourth-order valence-electron chi connectivity index (χ4n) is 3.64. The van der Waals surface area contributed by atoms with Crippen molar-refractivity contribution in [2.24, 2.45) is 0 Å². The van der Waals surface area contributed by atoms with E-state index in [0.29, 0.717) is 49.3 Å². The smallest absolute Gasteiger partial charge is 0.341 e. The largest absolute Gasteiger partial charge is 0.481 e. The van der Waals surface area contributed by atoms with Crippen molar-refractivity contribution in [1.29, 1.82) is 0 Å². The summed E-state index contributed by atoms with van der Waals surface area (Å²) in [6, 6.07) is 13.9. The van der Waals surface area contributed by atoms with Gasteiger partial charge in [-0.05, 0) is 36.0 Å². The molecule has 35 heavy (non-hydrogen) atoms. The minimum Gasteiger partial charge on any atom is -0.481 e. The Balaban J connectivity index is 1.45. The van der Waals surface area contributed by atoms with Gasteiger partial charge >= 0.3 is 5.97 Å². The van der Waals surface area contributed by atoms with E-state index in [4.69, 9.17) is 14.6 Å². The lowest BCUT2D eigenvalue weighted by Crippen LogP contribution is -2.38. The molecule has 10 nitrogen and oxygen atoms in total. The van der Waals surface area contributed by atoms with Crippen LogP contribution < -0.4 is 15.0 Å². The van der Waals surface area contributed by atoms with Gasteiger partial charge in [-0.3, -0.25) is 19.3 Å². The first-order valence-electron chi connectivity index (χ1n) is 10.8. The Bertz CT molecular complexity index is 1180. The third kappa shape index (κ3) is 6.00. The van der Waals surface area contributed by atoms with Gasteiger partial charge in [-0.1, -0.05) is 30.3 Å². The molecular weight excluding hydrogens is 474 g/mol. The zero-order chi connectivity index (χ0) is 24.8. The number of rotatable bonds is 8. The molecule has 0 radical (unpaired) electrons. The van der Waals surface area contributed by atoms with Crippen molar-refractivity contribution in [2.45, 2.75) is 0 Å². The molecule has 182 valence electrons. The summed E-state index contributed by atoms with van der Waals surface area (Å²) in [5.41, 5.74) is 1.88. The van der Waals surface area contributed by atoms with E-state index in [-0.39, 0.29) is 10.7 Å². The highest BCUT2D eigenvalue weighted by atomic mass is 32.2. The van der Waals surface area contributed by atoms with Crippen LogP contribution in [0.15, 0.2) is 53.4 Å². The second-order valence-electron chi connectivity index (χ2n) is 7.65. The van der Waals surface area contributed by atoms with Crippen LogP contribution in [-0.4, -0.2) is 72.5 Å². The SMILES string of the molecule is O=C(O)COc1ccccc1/C=C1/SC(=O)N(CC(=O)Nc2ccccc2N2CCOCC2)C1=O. The molecular formula is C24H23N3O7S. The molecule has 0 bridgehead atoms. The number of carbonyl (C=O) groups excluding carboxylic acids is 3. The minimum absolute atomic E-state index is 0.114. The topological polar surface area (TPSA) is 125 Å². The standard InChI is InChI=1S/C24H23N3O7S/c28-21(25-17-6-2-3-7-18(17)26-9-11-33-12-10-26)14-27-23(31)20(35-24(27)32)13-16-5-1-4-8-19(16)34-15-22(29)30/h1-8,13H,9-12,14-15H2,(H,25,28)(H,29,30)/b20-13+. The van der Waals surface area contributed by atoms with Crippen LogP contribution in [0.25, 0.3) is 6.08 Å². The molecule has 2 fully saturated rings. The highest BCUT2D eigenvalue weighted by Crippen LogP contribution is 2.34. The van der Waals surface area contributed by atoms with Gasteiger partial charge in [-0.2, -0.15) is 0 Å². The van der Waals surface area contributed by atoms with E-state index in [2.05, 4.69) is 10.2 Å². The molecule has 0 aliphatic carbocycles. The Morgan fingerprint density at radius 2 is 1.80 bits per heavy atom. The number of hydrogen-bond acceptors (Lipinski definition) is 8. The van der Waals surface area contributed by atoms with Crippen LogP contribution in [0.4, 0.5) is 16.2 Å². The molecule has 2 aliphatic rings. The third-order valence-corrected chi connectivity index (χ3v) is 6.17. The molecule has 2 aliphatic heterocycles. The van der Waals surface area contributed by atoms with Gasteiger partial charge in [0.05, 0.1) is 29.5 Å². The van der Waals surface area contributed by atoms with E-state index in [0.717, 1.165) is 10.6 Å². The summed E-state index contributed by atoms with van der Waals surface area (Å²) in [5, 5.41) is 11.1. The summed E-state index contributed by atoms with van der Waals surface area (Å²) in [4.78, 5) is 52.1. The number of anilines is 2. The van der Waals surface area contributed by atoms with Gasteiger partial charge in [-0.15, -0.1) is 0 Å². The Morgan fingerprint density at radius 3 is 2.57 bits per heavy atom. The number of imide groups is 1. The van der Waals surface area contributed by atoms with Crippen molar-refractivity contribution in [3.05, 3.63) is 59.0 Å². The molecule has 2 saturated heterocycles. The normalized spacial score (nSPS) is 17.1. The Kier molecular flexibility index (Phi) is 7.68. The number of thioether (sulfide) groups is 1. The van der Waals surface area contributed by atoms with Crippen LogP contribution in [0.3, 0.4) is 0 Å². The highest BCUT2D eigenvalue weighted by molar-refractivity contribution is 8.18. The molecule has 3 amide bonds. The van der Waals surface area contributed by atoms with Crippen molar-refractivity contribution in [2.75, 3.05) is 49.7 Å². The van der Waals surface area contributed by atoms with E-state index >= 15 is 0 Å². The fraction of sp³-hybridized carbons (Fsp3) is 0.250. The molecule has 0 spiro atoms. The molecule has 11 heteroatoms. The molecule has 0 unspecified atom stereocenters. The number of amides is 3. The molecule has 2 aromatic carbocycles. The van der Waals surface area contributed by atoms with E-state index in [1.165, 1.54) is 6.08 Å². The maximum Gasteiger partial charge on any atom is 0.341 e. The number of carboxylic acid groups (broad SMARTS) is 1. The van der Waals surface area contributed by atoms with Crippen molar-refractivity contribution < 1.29 is 33.8 Å². The number of ether oxygens (including phenoxy) is 2. The summed E-state index contributed by atoms with van der Waals surface area (Å²) in [6.07, 6.45) is 1.45. The third-order valence-electron chi connectivity index (χ3n) is 5.26. The fourth-order valence-corrected chi connectivity index (χ4v) is 4.47. The quantitative estimate of drug-likeness (QED) is 0.530. The van der Waals surface area contributed by atoms with Gasteiger partial charge in [0, 0.05) is 18.7 Å². The zero-order valence-corrected chi connectivity index (χ0v) is 19.5. The second kappa shape index (κ2) is 11.1. The number of carboxylic acids is 1. The van der Waals surface area contributed by atoms with Crippen molar-refractivity contribution >= 4 is 52.2 Å². The van der Waals surface area contributed by atoms with Crippen molar-refractivity contribution in [1.82, 2.24) is 4.90 Å². The van der Waals surface area contributed by atoms with Gasteiger partial charge in [0.1, 0.15) is 12.3 Å². The first kappa shape index (κ1) is 24.3. The molecule has 0 aromatic heterocycles. The predicted molar refractivity (Wildman–Crippen MR) is 130 cm³/mol. The Labute approximate surface area is 205 Å². The van der Waals surface area contributed by atoms with Gasteiger partial charge in [0.15, 0.2) is 6.61 Å². The summed E-state index contributed by atoms with van der Waals surface area (Å²) in [5.74, 6) is -1.98. The summed E-state index contributed by atoms with van der Waals surface area (Å²) < 4.78 is 10.6. The number of nitrogens with one attached hydrogen (secondary N) is 1. The van der Waals surface area contributed by atoms with E-state index < -0.39 is 36.2 Å². The Morgan fingerprint density at radius 1 is 1.09 bits per heavy atom. The number of para-hydroxylation sites is 3. The first-order valence-corrected chi connectivity index (χ1v) is 11.6. The number of aliphatic carboxylic acids is 1. The zero-order valence-electron chi connectivity index (χ0n) is 18.6. The molecule has 4 rings (SSSR count). The summed E-state index contributed by atoms with van der Waals surface area (Å²) in [7, 11) is 0. The van der Waals surface area contributed by atoms with Crippen LogP contribution >= 0.6 is 11.8 Å². The number of nitrogens with zero attached hydrogens (tertiary/aromatic N) is 2. The highest BCUT2D eigenvalue weighted by Gasteiger charge is 2.36. The molecule has 2 N–H and O–H groups in total. The molecule has 0 atom stereocenters. The van der Waals surface area contributed by atoms with Crippen LogP contribution in [0.5, 0.6) is 5.75 Å². The molecule has 2 heterocycles. The van der Waals surface area contributed by atoms with Crippen LogP contribution in [0.2, 0.25) is 0 Å². The lowest BCUT2D eigenvalue weighted by Gasteiger charge is -2.30. The van der Waals surface area contributed by atoms with E-state index in [1.54, 1.807) is 36.4 Å². The van der Waals surface area contributed by atoms with Crippen LogP contribution in [0, 0.1) is 0 Å². The average Bonchev–Trinajstić information content (AvgIpc) is 3.11. The maximum absolute atomic E-state index is 12.9. The van der Waals surface area contributed by atoms with Crippen molar-refractivity contribution in [3.8, 4) is 5.75 Å². The van der Waals surface area contributed by atoms with E-state index in [1.807, 2.05) is 12.1 Å². The molecule has 2 aromatic rings. The number of morpholine rings is 1. The van der Waals surface area contributed by atoms with Gasteiger partial charge < -0.3 is 24.8 Å². The van der Waals surface area contributed by atoms with Crippen LogP contribution in [0.1, 0.15) is 5.56 Å². The average molecular weight is 498 g/mol. The summed E-state index contributed by atoms with van der Waals surface area (Å²) >= 11 is 0.708. The maximum atomic E-state index is 12.9. The Hall–Kier alpha value is -3.83.